The lowest BCUT2D eigenvalue weighted by atomic mass is 9.94. The number of pyridine rings is 2. The molecule has 14 nitrogen and oxygen atoms in total. The summed E-state index contributed by atoms with van der Waals surface area (Å²) in [7, 11) is 3.59. The van der Waals surface area contributed by atoms with E-state index in [1.54, 1.807) is 64.6 Å². The van der Waals surface area contributed by atoms with E-state index in [0.29, 0.717) is 65.2 Å². The van der Waals surface area contributed by atoms with Gasteiger partial charge in [-0.2, -0.15) is 10.2 Å². The number of aromatic amines is 2. The average molecular weight is 717 g/mol. The number of aromatic nitrogens is 8. The topological polar surface area (TPSA) is 141 Å². The molecule has 8 heterocycles. The molecule has 0 radical (unpaired) electrons. The number of aryl methyl sites for hydroxylation is 2. The fourth-order valence-corrected chi connectivity index (χ4v) is 7.00. The molecule has 0 aromatic carbocycles. The van der Waals surface area contributed by atoms with Crippen LogP contribution in [0.2, 0.25) is 0 Å². The van der Waals surface area contributed by atoms with E-state index < -0.39 is 12.3 Å². The lowest BCUT2D eigenvalue weighted by Gasteiger charge is -2.37. The minimum absolute atomic E-state index is 0.260. The van der Waals surface area contributed by atoms with Crippen LogP contribution in [0.15, 0.2) is 49.3 Å². The maximum Gasteiger partial charge on any atom is 0.410 e. The lowest BCUT2D eigenvalue weighted by Crippen LogP contribution is -2.50. The van der Waals surface area contributed by atoms with Crippen LogP contribution < -0.4 is 15.1 Å². The Hall–Kier alpha value is -5.58. The van der Waals surface area contributed by atoms with Crippen LogP contribution in [-0.4, -0.2) is 115 Å². The molecule has 1 aliphatic carbocycles. The number of fused-ring (bicyclic) bond motifs is 2. The van der Waals surface area contributed by atoms with E-state index in [9.17, 15) is 13.6 Å². The van der Waals surface area contributed by atoms with Crippen molar-refractivity contribution in [2.45, 2.75) is 25.1 Å². The number of alkyl halides is 1. The van der Waals surface area contributed by atoms with Crippen molar-refractivity contribution in [2.75, 3.05) is 62.2 Å². The number of hydrogen-bond acceptors (Lipinski definition) is 9. The summed E-state index contributed by atoms with van der Waals surface area (Å²) in [5.74, 6) is -0.627. The number of anilines is 2. The highest BCUT2D eigenvalue weighted by molar-refractivity contribution is 5.95. The van der Waals surface area contributed by atoms with Gasteiger partial charge in [-0.05, 0) is 12.1 Å². The first-order valence-corrected chi connectivity index (χ1v) is 17.3. The summed E-state index contributed by atoms with van der Waals surface area (Å²) in [6.45, 7) is 5.54. The van der Waals surface area contributed by atoms with Crippen LogP contribution in [0.4, 0.5) is 29.3 Å². The standard InChI is InChI=1S/C20H22F2N6O2.C15H17FN6/c1-26-11-12(10-24-26)18-17(22)16-15(2-3-23-19(16)25-18)27-4-6-28(7-5-27)20(29)30-14-8-13(21)9-14;1-21-9-10(8-19-21)14-13(16)12-11(2-3-18-15(12)20-14)22-6-4-17-5-7-22/h2-3,10-11,13-14H,4-9H2,1H3,(H,23,25);2-3,8-9,17H,4-7H2,1H3,(H,18,20). The first kappa shape index (κ1) is 33.6. The van der Waals surface area contributed by atoms with Gasteiger partial charge in [0, 0.05) is 115 Å². The molecule has 2 aliphatic heterocycles. The van der Waals surface area contributed by atoms with Crippen LogP contribution in [0.5, 0.6) is 0 Å². The van der Waals surface area contributed by atoms with Crippen molar-refractivity contribution >= 4 is 39.5 Å². The van der Waals surface area contributed by atoms with Crippen molar-refractivity contribution in [3.8, 4) is 22.5 Å². The van der Waals surface area contributed by atoms with Gasteiger partial charge in [-0.25, -0.2) is 27.9 Å². The summed E-state index contributed by atoms with van der Waals surface area (Å²) in [6.07, 6.45) is 9.14. The molecule has 9 rings (SSSR count). The third-order valence-corrected chi connectivity index (χ3v) is 9.85. The number of rotatable bonds is 5. The smallest absolute Gasteiger partial charge is 0.410 e. The Morgan fingerprint density at radius 2 is 1.27 bits per heavy atom. The molecule has 3 fully saturated rings. The molecule has 17 heteroatoms. The molecule has 3 aliphatic rings. The molecule has 52 heavy (non-hydrogen) atoms. The largest absolute Gasteiger partial charge is 0.446 e. The van der Waals surface area contributed by atoms with Crippen molar-refractivity contribution in [3.63, 3.8) is 0 Å². The van der Waals surface area contributed by atoms with Crippen LogP contribution >= 0.6 is 0 Å². The fourth-order valence-electron chi connectivity index (χ4n) is 7.00. The molecule has 6 aromatic heterocycles. The van der Waals surface area contributed by atoms with Gasteiger partial charge in [0.15, 0.2) is 11.6 Å². The Bertz CT molecular complexity index is 2210. The maximum atomic E-state index is 15.3. The summed E-state index contributed by atoms with van der Waals surface area (Å²) in [4.78, 5) is 32.8. The average Bonchev–Trinajstić information content (AvgIpc) is 3.94. The number of nitrogens with one attached hydrogen (secondary N) is 3. The van der Waals surface area contributed by atoms with Gasteiger partial charge in [0.2, 0.25) is 0 Å². The van der Waals surface area contributed by atoms with Crippen LogP contribution in [0.1, 0.15) is 12.8 Å². The molecular formula is C35H39F3N12O2. The molecule has 2 saturated heterocycles. The van der Waals surface area contributed by atoms with Crippen molar-refractivity contribution in [1.29, 1.82) is 0 Å². The van der Waals surface area contributed by atoms with Gasteiger partial charge >= 0.3 is 6.09 Å². The Kier molecular flexibility index (Phi) is 8.94. The highest BCUT2D eigenvalue weighted by Crippen LogP contribution is 2.36. The van der Waals surface area contributed by atoms with E-state index in [1.807, 2.05) is 18.0 Å². The third kappa shape index (κ3) is 6.40. The van der Waals surface area contributed by atoms with Gasteiger partial charge in [0.1, 0.15) is 23.6 Å². The molecule has 0 unspecified atom stereocenters. The second-order valence-electron chi connectivity index (χ2n) is 13.3. The molecular weight excluding hydrogens is 677 g/mol. The fraction of sp³-hybridized carbons (Fsp3) is 0.400. The van der Waals surface area contributed by atoms with Crippen molar-refractivity contribution < 1.29 is 22.7 Å². The first-order valence-electron chi connectivity index (χ1n) is 17.3. The summed E-state index contributed by atoms with van der Waals surface area (Å²) in [5.41, 5.74) is 4.85. The second kappa shape index (κ2) is 13.9. The third-order valence-electron chi connectivity index (χ3n) is 9.85. The first-order chi connectivity index (χ1) is 25.2. The quantitative estimate of drug-likeness (QED) is 0.237. The number of piperazine rings is 2. The number of ether oxygens (including phenoxy) is 1. The monoisotopic (exact) mass is 716 g/mol. The van der Waals surface area contributed by atoms with E-state index >= 15 is 4.39 Å². The maximum absolute atomic E-state index is 15.3. The number of nitrogens with zero attached hydrogens (tertiary/aromatic N) is 9. The molecule has 0 bridgehead atoms. The lowest BCUT2D eigenvalue weighted by molar-refractivity contribution is -0.0132. The van der Waals surface area contributed by atoms with Crippen LogP contribution in [-0.2, 0) is 18.8 Å². The molecule has 3 N–H and O–H groups in total. The number of halogens is 3. The van der Waals surface area contributed by atoms with Gasteiger partial charge < -0.3 is 34.7 Å². The highest BCUT2D eigenvalue weighted by Gasteiger charge is 2.34. The zero-order valence-corrected chi connectivity index (χ0v) is 28.8. The Morgan fingerprint density at radius 3 is 1.73 bits per heavy atom. The van der Waals surface area contributed by atoms with Crippen LogP contribution in [0.25, 0.3) is 44.6 Å². The van der Waals surface area contributed by atoms with E-state index in [2.05, 4.69) is 40.3 Å². The summed E-state index contributed by atoms with van der Waals surface area (Å²) >= 11 is 0. The van der Waals surface area contributed by atoms with Crippen molar-refractivity contribution in [1.82, 2.24) is 49.7 Å². The Morgan fingerprint density at radius 1 is 0.769 bits per heavy atom. The predicted octanol–water partition coefficient (Wildman–Crippen LogP) is 4.37. The van der Waals surface area contributed by atoms with Crippen LogP contribution in [0, 0.1) is 11.6 Å². The Balaban J connectivity index is 0.000000156. The van der Waals surface area contributed by atoms with Crippen LogP contribution in [0.3, 0.4) is 0 Å². The second-order valence-corrected chi connectivity index (χ2v) is 13.3. The van der Waals surface area contributed by atoms with Crippen molar-refractivity contribution in [3.05, 3.63) is 60.9 Å². The zero-order chi connectivity index (χ0) is 35.9. The van der Waals surface area contributed by atoms with Gasteiger partial charge in [-0.15, -0.1) is 0 Å². The zero-order valence-electron chi connectivity index (χ0n) is 28.8. The Labute approximate surface area is 296 Å². The van der Waals surface area contributed by atoms with E-state index in [-0.39, 0.29) is 30.6 Å². The van der Waals surface area contributed by atoms with Gasteiger partial charge in [-0.3, -0.25) is 9.36 Å². The summed E-state index contributed by atoms with van der Waals surface area (Å²) < 4.78 is 51.8. The molecule has 0 atom stereocenters. The normalized spacial score (nSPS) is 19.1. The summed E-state index contributed by atoms with van der Waals surface area (Å²) in [6, 6.07) is 3.67. The van der Waals surface area contributed by atoms with Crippen molar-refractivity contribution in [2.24, 2.45) is 14.1 Å². The number of amides is 1. The highest BCUT2D eigenvalue weighted by atomic mass is 19.1. The van der Waals surface area contributed by atoms with Gasteiger partial charge in [0.05, 0.1) is 45.9 Å². The number of H-pyrrole nitrogens is 2. The number of carbonyl (C=O) groups excluding carboxylic acids is 1. The predicted molar refractivity (Wildman–Crippen MR) is 190 cm³/mol. The number of hydrogen-bond donors (Lipinski definition) is 3. The molecule has 0 spiro atoms. The van der Waals surface area contributed by atoms with Gasteiger partial charge in [0.25, 0.3) is 0 Å². The SMILES string of the molecule is Cn1cc(-c2[nH]c3nccc(N4CCN(C(=O)OC5CC(F)C5)CC4)c3c2F)cn1.Cn1cc(-c2[nH]c3nccc(N4CCNCC4)c3c2F)cn1. The molecule has 272 valence electrons. The van der Waals surface area contributed by atoms with E-state index in [4.69, 9.17) is 4.74 Å². The minimum atomic E-state index is -0.860. The minimum Gasteiger partial charge on any atom is -0.446 e. The number of carbonyl (C=O) groups is 1. The summed E-state index contributed by atoms with van der Waals surface area (Å²) in [5, 5.41) is 12.5. The molecule has 1 amide bonds. The van der Waals surface area contributed by atoms with E-state index in [0.717, 1.165) is 43.1 Å². The van der Waals surface area contributed by atoms with E-state index in [1.165, 1.54) is 0 Å². The molecule has 6 aromatic rings. The van der Waals surface area contributed by atoms with Gasteiger partial charge in [-0.1, -0.05) is 0 Å². The molecule has 1 saturated carbocycles.